The van der Waals surface area contributed by atoms with Gasteiger partial charge in [-0.3, -0.25) is 4.79 Å². The fraction of sp³-hybridized carbons (Fsp3) is 0.194. The summed E-state index contributed by atoms with van der Waals surface area (Å²) in [5.74, 6) is 1.36. The molecular weight excluding hydrogens is 532 g/mol. The minimum atomic E-state index is -0.445. The van der Waals surface area contributed by atoms with Crippen LogP contribution in [0.25, 0.3) is 10.9 Å². The largest absolute Gasteiger partial charge is 0.398 e. The molecular formula is C36H36N6O. The SMILES string of the molecule is CCc1ccc(Cn2c(CCc3ccccc3)nnc2[C@@H](Cc2c[nH]c3ccccc23)NC(=O)c2ccccc2N)cc1. The van der Waals surface area contributed by atoms with Crippen LogP contribution in [0.5, 0.6) is 0 Å². The van der Waals surface area contributed by atoms with Crippen LogP contribution in [0, 0.1) is 0 Å². The summed E-state index contributed by atoms with van der Waals surface area (Å²) < 4.78 is 2.18. The van der Waals surface area contributed by atoms with Gasteiger partial charge in [0.2, 0.25) is 0 Å². The molecule has 0 aliphatic rings. The third-order valence-electron chi connectivity index (χ3n) is 8.03. The zero-order valence-electron chi connectivity index (χ0n) is 24.3. The van der Waals surface area contributed by atoms with Crippen molar-refractivity contribution in [2.75, 3.05) is 5.73 Å². The van der Waals surface area contributed by atoms with E-state index in [-0.39, 0.29) is 5.91 Å². The van der Waals surface area contributed by atoms with Crippen LogP contribution in [0.2, 0.25) is 0 Å². The number of hydrogen-bond donors (Lipinski definition) is 3. The number of H-pyrrole nitrogens is 1. The molecule has 0 saturated carbocycles. The Bertz CT molecular complexity index is 1820. The van der Waals surface area contributed by atoms with E-state index in [1.807, 2.05) is 36.5 Å². The number of carbonyl (C=O) groups is 1. The van der Waals surface area contributed by atoms with Crippen molar-refractivity contribution >= 4 is 22.5 Å². The van der Waals surface area contributed by atoms with Crippen molar-refractivity contribution < 1.29 is 4.79 Å². The summed E-state index contributed by atoms with van der Waals surface area (Å²) in [6.07, 6.45) is 5.11. The van der Waals surface area contributed by atoms with Gasteiger partial charge in [-0.1, -0.05) is 91.9 Å². The highest BCUT2D eigenvalue weighted by Gasteiger charge is 2.26. The van der Waals surface area contributed by atoms with Gasteiger partial charge in [0.15, 0.2) is 5.82 Å². The second-order valence-electron chi connectivity index (χ2n) is 10.9. The number of aromatic nitrogens is 4. The molecule has 4 aromatic carbocycles. The zero-order chi connectivity index (χ0) is 29.6. The molecule has 0 aliphatic heterocycles. The number of nitrogens with two attached hydrogens (primary N) is 1. The lowest BCUT2D eigenvalue weighted by atomic mass is 10.0. The molecule has 7 heteroatoms. The Balaban J connectivity index is 1.39. The molecule has 6 aromatic rings. The third-order valence-corrected chi connectivity index (χ3v) is 8.03. The van der Waals surface area contributed by atoms with Crippen LogP contribution in [0.15, 0.2) is 109 Å². The highest BCUT2D eigenvalue weighted by Crippen LogP contribution is 2.26. The number of anilines is 1. The highest BCUT2D eigenvalue weighted by atomic mass is 16.1. The minimum Gasteiger partial charge on any atom is -0.398 e. The van der Waals surface area contributed by atoms with E-state index in [2.05, 4.69) is 82.5 Å². The molecule has 0 bridgehead atoms. The number of nitrogens with one attached hydrogen (secondary N) is 2. The van der Waals surface area contributed by atoms with Crippen molar-refractivity contribution in [3.63, 3.8) is 0 Å². The van der Waals surface area contributed by atoms with Gasteiger partial charge in [-0.05, 0) is 53.3 Å². The van der Waals surface area contributed by atoms with Gasteiger partial charge in [-0.25, -0.2) is 0 Å². The molecule has 7 nitrogen and oxygen atoms in total. The molecule has 0 spiro atoms. The molecule has 0 saturated heterocycles. The number of fused-ring (bicyclic) bond motifs is 1. The molecule has 2 heterocycles. The Morgan fingerprint density at radius 3 is 2.35 bits per heavy atom. The van der Waals surface area contributed by atoms with Gasteiger partial charge >= 0.3 is 0 Å². The number of benzene rings is 4. The summed E-state index contributed by atoms with van der Waals surface area (Å²) in [6, 6.07) is 34.0. The third kappa shape index (κ3) is 6.36. The van der Waals surface area contributed by atoms with Gasteiger partial charge in [-0.15, -0.1) is 10.2 Å². The van der Waals surface area contributed by atoms with E-state index in [4.69, 9.17) is 15.9 Å². The maximum atomic E-state index is 13.6. The predicted octanol–water partition coefficient (Wildman–Crippen LogP) is 6.45. The number of hydrogen-bond acceptors (Lipinski definition) is 4. The van der Waals surface area contributed by atoms with Crippen LogP contribution in [-0.4, -0.2) is 25.7 Å². The van der Waals surface area contributed by atoms with Crippen LogP contribution >= 0.6 is 0 Å². The van der Waals surface area contributed by atoms with Crippen molar-refractivity contribution in [2.45, 2.75) is 45.2 Å². The average molecular weight is 569 g/mol. The quantitative estimate of drug-likeness (QED) is 0.156. The maximum Gasteiger partial charge on any atom is 0.253 e. The Hall–Kier alpha value is -5.17. The summed E-state index contributed by atoms with van der Waals surface area (Å²) in [6.45, 7) is 2.76. The molecule has 0 aliphatic carbocycles. The Labute approximate surface area is 251 Å². The van der Waals surface area contributed by atoms with Gasteiger partial charge in [0, 0.05) is 35.6 Å². The van der Waals surface area contributed by atoms with Crippen LogP contribution < -0.4 is 11.1 Å². The zero-order valence-corrected chi connectivity index (χ0v) is 24.3. The second-order valence-corrected chi connectivity index (χ2v) is 10.9. The van der Waals surface area contributed by atoms with Gasteiger partial charge in [0.25, 0.3) is 5.91 Å². The molecule has 1 atom stereocenters. The molecule has 216 valence electrons. The monoisotopic (exact) mass is 568 g/mol. The van der Waals surface area contributed by atoms with Gasteiger partial charge in [0.1, 0.15) is 5.82 Å². The lowest BCUT2D eigenvalue weighted by Gasteiger charge is -2.21. The van der Waals surface area contributed by atoms with E-state index < -0.39 is 6.04 Å². The van der Waals surface area contributed by atoms with E-state index >= 15 is 0 Å². The smallest absolute Gasteiger partial charge is 0.253 e. The Morgan fingerprint density at radius 2 is 1.56 bits per heavy atom. The van der Waals surface area contributed by atoms with Gasteiger partial charge < -0.3 is 20.6 Å². The number of aryl methyl sites for hydroxylation is 3. The first-order chi connectivity index (χ1) is 21.1. The van der Waals surface area contributed by atoms with Crippen molar-refractivity contribution in [1.29, 1.82) is 0 Å². The van der Waals surface area contributed by atoms with E-state index in [1.165, 1.54) is 11.1 Å². The van der Waals surface area contributed by atoms with E-state index in [1.54, 1.807) is 12.1 Å². The molecule has 0 radical (unpaired) electrons. The van der Waals surface area contributed by atoms with E-state index in [0.717, 1.165) is 52.9 Å². The van der Waals surface area contributed by atoms with E-state index in [0.29, 0.717) is 24.2 Å². The lowest BCUT2D eigenvalue weighted by molar-refractivity contribution is 0.0935. The summed E-state index contributed by atoms with van der Waals surface area (Å²) in [5, 5.41) is 13.8. The fourth-order valence-corrected chi connectivity index (χ4v) is 5.59. The van der Waals surface area contributed by atoms with Crippen molar-refractivity contribution in [1.82, 2.24) is 25.1 Å². The molecule has 2 aromatic heterocycles. The molecule has 6 rings (SSSR count). The van der Waals surface area contributed by atoms with Crippen LogP contribution in [-0.2, 0) is 32.2 Å². The highest BCUT2D eigenvalue weighted by molar-refractivity contribution is 5.99. The molecule has 4 N–H and O–H groups in total. The lowest BCUT2D eigenvalue weighted by Crippen LogP contribution is -2.33. The molecule has 0 fully saturated rings. The first-order valence-electron chi connectivity index (χ1n) is 14.8. The first kappa shape index (κ1) is 28.0. The van der Waals surface area contributed by atoms with Crippen molar-refractivity contribution in [3.05, 3.63) is 149 Å². The topological polar surface area (TPSA) is 102 Å². The van der Waals surface area contributed by atoms with Crippen molar-refractivity contribution in [2.24, 2.45) is 0 Å². The number of nitrogen functional groups attached to an aromatic ring is 1. The second kappa shape index (κ2) is 12.8. The van der Waals surface area contributed by atoms with Crippen LogP contribution in [0.1, 0.15) is 57.2 Å². The predicted molar refractivity (Wildman–Crippen MR) is 172 cm³/mol. The Kier molecular flexibility index (Phi) is 8.31. The summed E-state index contributed by atoms with van der Waals surface area (Å²) >= 11 is 0. The minimum absolute atomic E-state index is 0.240. The normalized spacial score (nSPS) is 11.9. The number of amides is 1. The summed E-state index contributed by atoms with van der Waals surface area (Å²) in [7, 11) is 0. The Morgan fingerprint density at radius 1 is 0.837 bits per heavy atom. The van der Waals surface area contributed by atoms with Gasteiger partial charge in [0.05, 0.1) is 18.2 Å². The number of aromatic amines is 1. The average Bonchev–Trinajstić information content (AvgIpc) is 3.64. The van der Waals surface area contributed by atoms with Gasteiger partial charge in [-0.2, -0.15) is 0 Å². The number of carbonyl (C=O) groups excluding carboxylic acids is 1. The molecule has 43 heavy (non-hydrogen) atoms. The first-order valence-corrected chi connectivity index (χ1v) is 14.8. The van der Waals surface area contributed by atoms with Crippen molar-refractivity contribution in [3.8, 4) is 0 Å². The maximum absolute atomic E-state index is 13.6. The van der Waals surface area contributed by atoms with Crippen LogP contribution in [0.3, 0.4) is 0 Å². The summed E-state index contributed by atoms with van der Waals surface area (Å²) in [4.78, 5) is 17.0. The summed E-state index contributed by atoms with van der Waals surface area (Å²) in [5.41, 5.74) is 12.9. The standard InChI is InChI=1S/C36H36N6O/c1-2-25-16-18-27(19-17-25)24-42-34(21-20-26-10-4-3-5-11-26)40-41-35(42)33(39-36(43)30-13-6-8-14-31(30)37)22-28-23-38-32-15-9-7-12-29(28)32/h3-19,23,33,38H,2,20-22,24,37H2,1H3,(H,39,43)/t33-/m1/s1. The number of nitrogens with zero attached hydrogens (tertiary/aromatic N) is 3. The van der Waals surface area contributed by atoms with Crippen LogP contribution in [0.4, 0.5) is 5.69 Å². The fourth-order valence-electron chi connectivity index (χ4n) is 5.59. The molecule has 0 unspecified atom stereocenters. The molecule has 1 amide bonds. The number of rotatable bonds is 11. The van der Waals surface area contributed by atoms with E-state index in [9.17, 15) is 4.79 Å². The number of para-hydroxylation sites is 2.